The Morgan fingerprint density at radius 1 is 1.08 bits per heavy atom. The molecule has 0 bridgehead atoms. The Balaban J connectivity index is 1.34. The summed E-state index contributed by atoms with van der Waals surface area (Å²) < 4.78 is 13.6. The lowest BCUT2D eigenvalue weighted by molar-refractivity contribution is -0.121. The normalized spacial score (nSPS) is 19.3. The molecule has 2 aliphatic heterocycles. The molecule has 0 aliphatic carbocycles. The van der Waals surface area contributed by atoms with Gasteiger partial charge in [-0.15, -0.1) is 0 Å². The minimum Gasteiger partial charge on any atom is -0.326 e. The summed E-state index contributed by atoms with van der Waals surface area (Å²) in [6.45, 7) is 3.93. The highest BCUT2D eigenvalue weighted by molar-refractivity contribution is 8.15. The highest BCUT2D eigenvalue weighted by Gasteiger charge is 2.39. The van der Waals surface area contributed by atoms with Crippen LogP contribution in [0.25, 0.3) is 0 Å². The quantitative estimate of drug-likeness (QED) is 0.493. The fraction of sp³-hybridized carbons (Fsp3) is 0.214. The Morgan fingerprint density at radius 3 is 2.56 bits per heavy atom. The lowest BCUT2D eigenvalue weighted by Gasteiger charge is -2.23. The van der Waals surface area contributed by atoms with Gasteiger partial charge in [0.05, 0.1) is 11.8 Å². The number of amidine groups is 1. The maximum absolute atomic E-state index is 13.6. The lowest BCUT2D eigenvalue weighted by Crippen LogP contribution is -2.25. The van der Waals surface area contributed by atoms with Gasteiger partial charge in [0.1, 0.15) is 11.1 Å². The minimum absolute atomic E-state index is 0.00806. The van der Waals surface area contributed by atoms with E-state index in [4.69, 9.17) is 5.10 Å². The summed E-state index contributed by atoms with van der Waals surface area (Å²) in [5.41, 5.74) is 5.52. The zero-order valence-electron chi connectivity index (χ0n) is 19.9. The van der Waals surface area contributed by atoms with Gasteiger partial charge in [0.2, 0.25) is 5.91 Å². The van der Waals surface area contributed by atoms with E-state index in [-0.39, 0.29) is 30.1 Å². The van der Waals surface area contributed by atoms with Crippen LogP contribution in [-0.2, 0) is 9.59 Å². The molecule has 2 unspecified atom stereocenters. The minimum atomic E-state index is -0.629. The van der Waals surface area contributed by atoms with Crippen molar-refractivity contribution in [1.82, 2.24) is 5.01 Å². The Bertz CT molecular complexity index is 1370. The van der Waals surface area contributed by atoms with Gasteiger partial charge in [0, 0.05) is 18.5 Å². The number of thioether (sulfide) groups is 1. The molecule has 0 aromatic heterocycles. The number of nitrogens with one attached hydrogen (secondary N) is 1. The SMILES string of the molecule is Cc1ccc(NC(=O)CC2SC(N3N=C(c4ccccc4)CC3c3ccc(F)cc3)=NC2=O)c(C)c1. The largest absolute Gasteiger partial charge is 0.326 e. The molecule has 2 amide bonds. The summed E-state index contributed by atoms with van der Waals surface area (Å²) in [5.74, 6) is -0.911. The number of hydrazone groups is 1. The first-order chi connectivity index (χ1) is 17.4. The molecule has 2 aliphatic rings. The average Bonchev–Trinajstić information content (AvgIpc) is 3.46. The number of aryl methyl sites for hydroxylation is 2. The summed E-state index contributed by atoms with van der Waals surface area (Å²) in [7, 11) is 0. The predicted octanol–water partition coefficient (Wildman–Crippen LogP) is 5.62. The van der Waals surface area contributed by atoms with Crippen molar-refractivity contribution >= 4 is 40.1 Å². The molecule has 2 heterocycles. The van der Waals surface area contributed by atoms with Gasteiger partial charge >= 0.3 is 0 Å². The lowest BCUT2D eigenvalue weighted by atomic mass is 9.99. The second-order valence-corrected chi connectivity index (χ2v) is 10.1. The number of benzene rings is 3. The van der Waals surface area contributed by atoms with Crippen molar-refractivity contribution in [3.05, 3.63) is 101 Å². The Hall–Kier alpha value is -3.78. The zero-order chi connectivity index (χ0) is 25.2. The topological polar surface area (TPSA) is 74.1 Å². The summed E-state index contributed by atoms with van der Waals surface area (Å²) in [6, 6.07) is 21.7. The molecular weight excluding hydrogens is 475 g/mol. The van der Waals surface area contributed by atoms with Gasteiger partial charge in [0.15, 0.2) is 5.17 Å². The van der Waals surface area contributed by atoms with E-state index < -0.39 is 5.25 Å². The van der Waals surface area contributed by atoms with Crippen LogP contribution in [0.3, 0.4) is 0 Å². The smallest absolute Gasteiger partial charge is 0.262 e. The van der Waals surface area contributed by atoms with E-state index in [1.54, 1.807) is 17.1 Å². The number of amides is 2. The monoisotopic (exact) mass is 500 g/mol. The van der Waals surface area contributed by atoms with Gasteiger partial charge in [-0.3, -0.25) is 9.59 Å². The van der Waals surface area contributed by atoms with Crippen LogP contribution in [0.5, 0.6) is 0 Å². The van der Waals surface area contributed by atoms with Gasteiger partial charge in [-0.2, -0.15) is 10.1 Å². The third-order valence-corrected chi connectivity index (χ3v) is 7.37. The van der Waals surface area contributed by atoms with Crippen LogP contribution in [0.4, 0.5) is 10.1 Å². The van der Waals surface area contributed by atoms with E-state index in [0.717, 1.165) is 33.7 Å². The van der Waals surface area contributed by atoms with Crippen LogP contribution in [0.15, 0.2) is 82.9 Å². The van der Waals surface area contributed by atoms with E-state index in [2.05, 4.69) is 10.3 Å². The van der Waals surface area contributed by atoms with Crippen molar-refractivity contribution < 1.29 is 14.0 Å². The van der Waals surface area contributed by atoms with Crippen molar-refractivity contribution in [3.63, 3.8) is 0 Å². The van der Waals surface area contributed by atoms with Crippen LogP contribution in [0.2, 0.25) is 0 Å². The first kappa shape index (κ1) is 23.9. The molecule has 0 fully saturated rings. The molecular formula is C28H25FN4O2S. The summed E-state index contributed by atoms with van der Waals surface area (Å²) in [4.78, 5) is 29.8. The van der Waals surface area contributed by atoms with E-state index in [0.29, 0.717) is 11.6 Å². The van der Waals surface area contributed by atoms with E-state index in [1.165, 1.54) is 23.9 Å². The van der Waals surface area contributed by atoms with Gasteiger partial charge < -0.3 is 5.32 Å². The molecule has 5 rings (SSSR count). The standard InChI is InChI=1S/C28H25FN4O2S/c1-17-8-13-22(18(2)14-17)30-26(34)16-25-27(35)31-28(36-25)33-24(20-9-11-21(29)12-10-20)15-23(32-33)19-6-4-3-5-7-19/h3-14,24-25H,15-16H2,1-2H3,(H,30,34). The van der Waals surface area contributed by atoms with E-state index in [9.17, 15) is 14.0 Å². The van der Waals surface area contributed by atoms with Gasteiger partial charge in [-0.05, 0) is 48.7 Å². The molecule has 182 valence electrons. The maximum atomic E-state index is 13.6. The molecule has 0 spiro atoms. The third-order valence-electron chi connectivity index (χ3n) is 6.22. The first-order valence-electron chi connectivity index (χ1n) is 11.7. The van der Waals surface area contributed by atoms with Crippen LogP contribution in [0, 0.1) is 19.7 Å². The van der Waals surface area contributed by atoms with Crippen LogP contribution >= 0.6 is 11.8 Å². The zero-order valence-corrected chi connectivity index (χ0v) is 20.8. The number of nitrogens with zero attached hydrogens (tertiary/aromatic N) is 3. The Kier molecular flexibility index (Phi) is 6.69. The van der Waals surface area contributed by atoms with Crippen molar-refractivity contribution in [3.8, 4) is 0 Å². The number of halogens is 1. The molecule has 3 aromatic carbocycles. The first-order valence-corrected chi connectivity index (χ1v) is 12.6. The number of aliphatic imine (C=N–C) groups is 1. The number of rotatable bonds is 5. The average molecular weight is 501 g/mol. The van der Waals surface area contributed by atoms with Crippen LogP contribution < -0.4 is 5.32 Å². The number of carbonyl (C=O) groups is 2. The molecule has 3 aromatic rings. The molecule has 8 heteroatoms. The molecule has 0 saturated heterocycles. The van der Waals surface area contributed by atoms with Crippen molar-refractivity contribution in [2.45, 2.75) is 38.0 Å². The number of anilines is 1. The van der Waals surface area contributed by atoms with E-state index in [1.807, 2.05) is 62.4 Å². The summed E-state index contributed by atoms with van der Waals surface area (Å²) in [6.07, 6.45) is 0.593. The number of hydrogen-bond acceptors (Lipinski definition) is 5. The second kappa shape index (κ2) is 10.1. The fourth-order valence-electron chi connectivity index (χ4n) is 4.36. The summed E-state index contributed by atoms with van der Waals surface area (Å²) >= 11 is 1.24. The van der Waals surface area contributed by atoms with Gasteiger partial charge in [-0.25, -0.2) is 9.40 Å². The highest BCUT2D eigenvalue weighted by Crippen LogP contribution is 2.38. The van der Waals surface area contributed by atoms with Crippen molar-refractivity contribution in [2.75, 3.05) is 5.32 Å². The maximum Gasteiger partial charge on any atom is 0.262 e. The Morgan fingerprint density at radius 2 is 1.83 bits per heavy atom. The molecule has 2 atom stereocenters. The van der Waals surface area contributed by atoms with Crippen molar-refractivity contribution in [2.24, 2.45) is 10.1 Å². The van der Waals surface area contributed by atoms with Crippen LogP contribution in [0.1, 0.15) is 41.1 Å². The fourth-order valence-corrected chi connectivity index (χ4v) is 5.43. The second-order valence-electron chi connectivity index (χ2n) is 8.94. The summed E-state index contributed by atoms with van der Waals surface area (Å²) in [5, 5.41) is 9.27. The molecule has 36 heavy (non-hydrogen) atoms. The number of hydrogen-bond donors (Lipinski definition) is 1. The van der Waals surface area contributed by atoms with Crippen molar-refractivity contribution in [1.29, 1.82) is 0 Å². The van der Waals surface area contributed by atoms with Gasteiger partial charge in [-0.1, -0.05) is 71.9 Å². The Labute approximate surface area is 213 Å². The number of carbonyl (C=O) groups excluding carboxylic acids is 2. The van der Waals surface area contributed by atoms with E-state index >= 15 is 0 Å². The predicted molar refractivity (Wildman–Crippen MR) is 142 cm³/mol. The molecule has 0 saturated carbocycles. The molecule has 0 radical (unpaired) electrons. The van der Waals surface area contributed by atoms with Gasteiger partial charge in [0.25, 0.3) is 5.91 Å². The third kappa shape index (κ3) is 5.09. The molecule has 6 nitrogen and oxygen atoms in total. The highest BCUT2D eigenvalue weighted by atomic mass is 32.2. The molecule has 1 N–H and O–H groups in total. The van der Waals surface area contributed by atoms with Crippen LogP contribution in [-0.4, -0.2) is 33.0 Å².